The van der Waals surface area contributed by atoms with Crippen molar-refractivity contribution in [3.63, 3.8) is 0 Å². The van der Waals surface area contributed by atoms with Gasteiger partial charge in [0.05, 0.1) is 29.5 Å². The van der Waals surface area contributed by atoms with Gasteiger partial charge in [0.25, 0.3) is 5.56 Å². The number of carbonyl (C=O) groups is 1. The Morgan fingerprint density at radius 2 is 1.97 bits per heavy atom. The van der Waals surface area contributed by atoms with Crippen LogP contribution in [0.5, 0.6) is 0 Å². The first kappa shape index (κ1) is 21.6. The van der Waals surface area contributed by atoms with Crippen molar-refractivity contribution in [2.75, 3.05) is 18.6 Å². The van der Waals surface area contributed by atoms with Gasteiger partial charge in [0.15, 0.2) is 0 Å². The van der Waals surface area contributed by atoms with E-state index in [4.69, 9.17) is 4.42 Å². The van der Waals surface area contributed by atoms with Gasteiger partial charge in [-0.15, -0.1) is 0 Å². The second-order valence-corrected chi connectivity index (χ2v) is 8.84. The van der Waals surface area contributed by atoms with E-state index in [2.05, 4.69) is 9.97 Å². The lowest BCUT2D eigenvalue weighted by Crippen LogP contribution is -2.42. The zero-order valence-corrected chi connectivity index (χ0v) is 16.4. The van der Waals surface area contributed by atoms with Crippen molar-refractivity contribution in [3.05, 3.63) is 52.8 Å². The highest BCUT2D eigenvalue weighted by molar-refractivity contribution is 7.90. The number of nitrogens with one attached hydrogen (secondary N) is 1. The van der Waals surface area contributed by atoms with Crippen LogP contribution in [0.3, 0.4) is 0 Å². The van der Waals surface area contributed by atoms with Gasteiger partial charge in [-0.2, -0.15) is 13.2 Å². The van der Waals surface area contributed by atoms with Gasteiger partial charge >= 0.3 is 12.1 Å². The van der Waals surface area contributed by atoms with Crippen LogP contribution in [0.4, 0.5) is 13.2 Å². The van der Waals surface area contributed by atoms with Crippen LogP contribution >= 0.6 is 0 Å². The van der Waals surface area contributed by atoms with Crippen LogP contribution in [0.2, 0.25) is 0 Å². The largest absolute Gasteiger partial charge is 0.471 e. The van der Waals surface area contributed by atoms with Crippen LogP contribution < -0.4 is 5.56 Å². The Morgan fingerprint density at radius 1 is 1.23 bits per heavy atom. The minimum atomic E-state index is -5.15. The van der Waals surface area contributed by atoms with Crippen LogP contribution in [0, 0.1) is 0 Å². The molecule has 0 saturated heterocycles. The summed E-state index contributed by atoms with van der Waals surface area (Å²) >= 11 is 0. The zero-order valence-electron chi connectivity index (χ0n) is 15.6. The van der Waals surface area contributed by atoms with E-state index in [0.717, 1.165) is 6.26 Å². The third kappa shape index (κ3) is 5.06. The highest BCUT2D eigenvalue weighted by atomic mass is 32.2. The maximum atomic E-state index is 12.9. The molecule has 1 amide bonds. The number of alkyl halides is 3. The summed E-state index contributed by atoms with van der Waals surface area (Å²) in [5.74, 6) is -2.50. The van der Waals surface area contributed by atoms with Crippen LogP contribution in [-0.2, 0) is 21.2 Å². The molecule has 0 fully saturated rings. The molecule has 0 aliphatic heterocycles. The van der Waals surface area contributed by atoms with E-state index in [-0.39, 0.29) is 17.1 Å². The summed E-state index contributed by atoms with van der Waals surface area (Å²) in [5, 5.41) is 0.301. The first-order valence-corrected chi connectivity index (χ1v) is 10.6. The van der Waals surface area contributed by atoms with E-state index >= 15 is 0 Å². The van der Waals surface area contributed by atoms with Crippen molar-refractivity contribution in [2.24, 2.45) is 0 Å². The fourth-order valence-electron chi connectivity index (χ4n) is 2.74. The Morgan fingerprint density at radius 3 is 2.63 bits per heavy atom. The lowest BCUT2D eigenvalue weighted by molar-refractivity contribution is -0.186. The van der Waals surface area contributed by atoms with Gasteiger partial charge in [-0.3, -0.25) is 9.59 Å². The summed E-state index contributed by atoms with van der Waals surface area (Å²) in [6.45, 7) is -1.20. The molecular formula is C18H16F3N3O5S. The van der Waals surface area contributed by atoms with E-state index < -0.39 is 40.8 Å². The molecule has 0 aliphatic rings. The molecule has 1 aromatic carbocycles. The molecule has 3 aromatic rings. The molecule has 0 saturated carbocycles. The lowest BCUT2D eigenvalue weighted by Gasteiger charge is -2.22. The number of H-pyrrole nitrogens is 1. The van der Waals surface area contributed by atoms with Crippen molar-refractivity contribution in [1.29, 1.82) is 0 Å². The second-order valence-electron chi connectivity index (χ2n) is 6.58. The summed E-state index contributed by atoms with van der Waals surface area (Å²) in [6, 6.07) is 7.59. The summed E-state index contributed by atoms with van der Waals surface area (Å²) in [6.07, 6.45) is -3.03. The average Bonchev–Trinajstić information content (AvgIpc) is 3.12. The number of carbonyl (C=O) groups excluding carboxylic acids is 1. The summed E-state index contributed by atoms with van der Waals surface area (Å²) < 4.78 is 66.8. The number of hydrogen-bond donors (Lipinski definition) is 1. The summed E-state index contributed by atoms with van der Waals surface area (Å²) in [7, 11) is -3.58. The monoisotopic (exact) mass is 443 g/mol. The Balaban J connectivity index is 1.86. The number of aromatic amines is 1. The van der Waals surface area contributed by atoms with Crippen LogP contribution in [-0.4, -0.2) is 53.9 Å². The Bertz CT molecular complexity index is 1250. The highest BCUT2D eigenvalue weighted by Crippen LogP contribution is 2.26. The third-order valence-corrected chi connectivity index (χ3v) is 5.12. The summed E-state index contributed by atoms with van der Waals surface area (Å²) in [4.78, 5) is 30.4. The molecule has 2 aromatic heterocycles. The Hall–Kier alpha value is -3.15. The Kier molecular flexibility index (Phi) is 5.70. The minimum absolute atomic E-state index is 0.0243. The van der Waals surface area contributed by atoms with Gasteiger partial charge in [0.1, 0.15) is 21.4 Å². The minimum Gasteiger partial charge on any atom is -0.459 e. The second kappa shape index (κ2) is 7.94. The number of amides is 1. The first-order valence-electron chi connectivity index (χ1n) is 8.54. The number of sulfone groups is 1. The molecule has 0 radical (unpaired) electrons. The molecule has 8 nitrogen and oxygen atoms in total. The number of hydrogen-bond acceptors (Lipinski definition) is 6. The van der Waals surface area contributed by atoms with Gasteiger partial charge in [-0.25, -0.2) is 13.4 Å². The molecule has 0 aliphatic carbocycles. The number of aromatic nitrogens is 2. The zero-order chi connectivity index (χ0) is 22.1. The number of furan rings is 1. The van der Waals surface area contributed by atoms with Gasteiger partial charge in [0.2, 0.25) is 0 Å². The molecule has 30 heavy (non-hydrogen) atoms. The number of halogens is 3. The number of rotatable bonds is 6. The predicted molar refractivity (Wildman–Crippen MR) is 101 cm³/mol. The van der Waals surface area contributed by atoms with E-state index in [1.807, 2.05) is 0 Å². The molecule has 0 spiro atoms. The van der Waals surface area contributed by atoms with E-state index in [9.17, 15) is 31.2 Å². The molecule has 3 rings (SSSR count). The van der Waals surface area contributed by atoms with Gasteiger partial charge < -0.3 is 14.3 Å². The van der Waals surface area contributed by atoms with Gasteiger partial charge in [0, 0.05) is 18.4 Å². The van der Waals surface area contributed by atoms with E-state index in [0.29, 0.717) is 21.4 Å². The molecule has 2 heterocycles. The van der Waals surface area contributed by atoms with Crippen molar-refractivity contribution < 1.29 is 30.8 Å². The number of benzene rings is 1. The fourth-order valence-corrected chi connectivity index (χ4v) is 3.29. The van der Waals surface area contributed by atoms with E-state index in [1.165, 1.54) is 24.5 Å². The van der Waals surface area contributed by atoms with Gasteiger partial charge in [-0.1, -0.05) is 0 Å². The van der Waals surface area contributed by atoms with Crippen molar-refractivity contribution in [2.45, 2.75) is 12.7 Å². The van der Waals surface area contributed by atoms with Crippen LogP contribution in [0.25, 0.3) is 22.2 Å². The third-order valence-electron chi connectivity index (χ3n) is 4.20. The molecule has 12 heteroatoms. The Labute approximate surface area is 168 Å². The topological polar surface area (TPSA) is 113 Å². The summed E-state index contributed by atoms with van der Waals surface area (Å²) in [5.41, 5.74) is 0.574. The first-order chi connectivity index (χ1) is 13.9. The molecule has 0 atom stereocenters. The maximum absolute atomic E-state index is 12.9. The smallest absolute Gasteiger partial charge is 0.459 e. The van der Waals surface area contributed by atoms with Crippen molar-refractivity contribution in [1.82, 2.24) is 14.9 Å². The molecule has 0 unspecified atom stereocenters. The molecule has 1 N–H and O–H groups in total. The molecule has 0 bridgehead atoms. The number of fused-ring (bicyclic) bond motifs is 1. The van der Waals surface area contributed by atoms with Gasteiger partial charge in [-0.05, 0) is 30.3 Å². The number of nitrogens with zero attached hydrogens (tertiary/aromatic N) is 2. The lowest BCUT2D eigenvalue weighted by atomic mass is 10.1. The molecular weight excluding hydrogens is 427 g/mol. The standard InChI is InChI=1S/C18H16F3N3O5S/c1-30(27,28)7-6-24(17(26)18(19,20)21)9-12-3-5-15(29-12)11-2-4-14-13(8-11)16(25)23-10-22-14/h2-5,8,10H,6-7,9H2,1H3,(H,22,23,25). The quantitative estimate of drug-likeness (QED) is 0.624. The maximum Gasteiger partial charge on any atom is 0.471 e. The average molecular weight is 443 g/mol. The van der Waals surface area contributed by atoms with E-state index in [1.54, 1.807) is 12.1 Å². The SMILES string of the molecule is CS(=O)(=O)CCN(Cc1ccc(-c2ccc3nc[nH]c(=O)c3c2)o1)C(=O)C(F)(F)F. The predicted octanol–water partition coefficient (Wildman–Crippen LogP) is 2.12. The molecule has 160 valence electrons. The van der Waals surface area contributed by atoms with Crippen molar-refractivity contribution >= 4 is 26.6 Å². The highest BCUT2D eigenvalue weighted by Gasteiger charge is 2.42. The normalized spacial score (nSPS) is 12.3. The fraction of sp³-hybridized carbons (Fsp3) is 0.278. The van der Waals surface area contributed by atoms with Crippen LogP contribution in [0.15, 0.2) is 45.9 Å². The van der Waals surface area contributed by atoms with Crippen molar-refractivity contribution in [3.8, 4) is 11.3 Å². The van der Waals surface area contributed by atoms with Crippen LogP contribution in [0.1, 0.15) is 5.76 Å².